The molecule has 0 aliphatic rings. The minimum absolute atomic E-state index is 0.0359. The second-order valence-electron chi connectivity index (χ2n) is 7.64. The SMILES string of the molecule is O=S(=O)(c1ccc(Cl)cc1)N(Cc1ccc(Cl)c(Cl)c1)Cc1ccc(C=Nc2ccc(Cl)c(Cl)c2)o1. The first kappa shape index (κ1) is 27.0. The van der Waals surface area contributed by atoms with Gasteiger partial charge in [-0.15, -0.1) is 0 Å². The lowest BCUT2D eigenvalue weighted by Gasteiger charge is -2.22. The molecule has 3 aromatic carbocycles. The average Bonchev–Trinajstić information content (AvgIpc) is 3.29. The molecular weight excluding hydrogens is 586 g/mol. The summed E-state index contributed by atoms with van der Waals surface area (Å²) >= 11 is 30.1. The van der Waals surface area contributed by atoms with Crippen LogP contribution in [-0.4, -0.2) is 18.9 Å². The van der Waals surface area contributed by atoms with Crippen molar-refractivity contribution in [3.05, 3.63) is 115 Å². The van der Waals surface area contributed by atoms with Gasteiger partial charge in [-0.25, -0.2) is 8.42 Å². The van der Waals surface area contributed by atoms with Gasteiger partial charge in [0.05, 0.1) is 43.4 Å². The van der Waals surface area contributed by atoms with Gasteiger partial charge >= 0.3 is 0 Å². The standard InChI is InChI=1S/C25H17Cl5N2O3S/c26-17-2-7-21(8-3-17)36(33,34)32(14-16-1-9-22(27)24(29)11-16)15-20-6-5-19(35-20)13-31-18-4-10-23(28)25(30)12-18/h1-13H,14-15H2. The number of hydrogen-bond acceptors (Lipinski definition) is 4. The van der Waals surface area contributed by atoms with Crippen molar-refractivity contribution in [2.24, 2.45) is 4.99 Å². The molecular formula is C25H17Cl5N2O3S. The van der Waals surface area contributed by atoms with Gasteiger partial charge in [-0.05, 0) is 72.3 Å². The molecule has 0 radical (unpaired) electrons. The number of nitrogens with zero attached hydrogens (tertiary/aromatic N) is 2. The molecule has 0 fully saturated rings. The van der Waals surface area contributed by atoms with Gasteiger partial charge in [0.2, 0.25) is 10.0 Å². The number of benzene rings is 3. The molecule has 11 heteroatoms. The van der Waals surface area contributed by atoms with Crippen molar-refractivity contribution in [2.45, 2.75) is 18.0 Å². The van der Waals surface area contributed by atoms with E-state index in [-0.39, 0.29) is 18.0 Å². The highest BCUT2D eigenvalue weighted by molar-refractivity contribution is 7.89. The van der Waals surface area contributed by atoms with Crippen LogP contribution in [0.3, 0.4) is 0 Å². The fourth-order valence-corrected chi connectivity index (χ4v) is 5.38. The highest BCUT2D eigenvalue weighted by Gasteiger charge is 2.26. The van der Waals surface area contributed by atoms with Gasteiger partial charge in [0.25, 0.3) is 0 Å². The van der Waals surface area contributed by atoms with Gasteiger partial charge in [-0.3, -0.25) is 4.99 Å². The van der Waals surface area contributed by atoms with Crippen molar-refractivity contribution in [1.29, 1.82) is 0 Å². The molecule has 0 amide bonds. The molecule has 0 N–H and O–H groups in total. The van der Waals surface area contributed by atoms with Crippen molar-refractivity contribution in [1.82, 2.24) is 4.31 Å². The van der Waals surface area contributed by atoms with E-state index in [2.05, 4.69) is 4.99 Å². The number of hydrogen-bond donors (Lipinski definition) is 0. The fraction of sp³-hybridized carbons (Fsp3) is 0.0800. The summed E-state index contributed by atoms with van der Waals surface area (Å²) in [5.41, 5.74) is 1.25. The van der Waals surface area contributed by atoms with E-state index in [0.717, 1.165) is 0 Å². The molecule has 36 heavy (non-hydrogen) atoms. The van der Waals surface area contributed by atoms with E-state index >= 15 is 0 Å². The van der Waals surface area contributed by atoms with Crippen LogP contribution in [-0.2, 0) is 23.1 Å². The van der Waals surface area contributed by atoms with E-state index < -0.39 is 10.0 Å². The largest absolute Gasteiger partial charge is 0.459 e. The van der Waals surface area contributed by atoms with Gasteiger partial charge in [0, 0.05) is 11.6 Å². The Morgan fingerprint density at radius 2 is 1.42 bits per heavy atom. The van der Waals surface area contributed by atoms with Crippen LogP contribution in [0.4, 0.5) is 5.69 Å². The minimum atomic E-state index is -3.91. The van der Waals surface area contributed by atoms with Crippen molar-refractivity contribution < 1.29 is 12.8 Å². The van der Waals surface area contributed by atoms with Crippen LogP contribution < -0.4 is 0 Å². The molecule has 1 aromatic heterocycles. The number of aliphatic imine (C=N–C) groups is 1. The molecule has 4 rings (SSSR count). The molecule has 0 unspecified atom stereocenters. The molecule has 186 valence electrons. The van der Waals surface area contributed by atoms with Crippen molar-refractivity contribution in [3.8, 4) is 0 Å². The fourth-order valence-electron chi connectivity index (χ4n) is 3.25. The highest BCUT2D eigenvalue weighted by Crippen LogP contribution is 2.28. The predicted octanol–water partition coefficient (Wildman–Crippen LogP) is 8.69. The third-order valence-electron chi connectivity index (χ3n) is 5.05. The number of sulfonamides is 1. The van der Waals surface area contributed by atoms with E-state index in [4.69, 9.17) is 62.4 Å². The summed E-state index contributed by atoms with van der Waals surface area (Å²) in [5, 5.41) is 1.96. The van der Waals surface area contributed by atoms with E-state index in [9.17, 15) is 8.42 Å². The molecule has 5 nitrogen and oxygen atoms in total. The van der Waals surface area contributed by atoms with Crippen LogP contribution in [0.1, 0.15) is 17.1 Å². The van der Waals surface area contributed by atoms with Crippen molar-refractivity contribution in [3.63, 3.8) is 0 Å². The van der Waals surface area contributed by atoms with Crippen molar-refractivity contribution in [2.75, 3.05) is 0 Å². The van der Waals surface area contributed by atoms with Gasteiger partial charge in [-0.2, -0.15) is 4.31 Å². The zero-order valence-corrected chi connectivity index (χ0v) is 22.9. The highest BCUT2D eigenvalue weighted by atomic mass is 35.5. The molecule has 0 saturated heterocycles. The molecule has 0 atom stereocenters. The summed E-state index contributed by atoms with van der Waals surface area (Å²) in [4.78, 5) is 4.42. The summed E-state index contributed by atoms with van der Waals surface area (Å²) in [6.07, 6.45) is 1.51. The summed E-state index contributed by atoms with van der Waals surface area (Å²) in [5.74, 6) is 0.859. The Labute approximate surface area is 233 Å². The molecule has 4 aromatic rings. The number of furan rings is 1. The van der Waals surface area contributed by atoms with Crippen LogP contribution in [0.5, 0.6) is 0 Å². The Bertz CT molecular complexity index is 1520. The first-order valence-corrected chi connectivity index (χ1v) is 13.7. The average molecular weight is 603 g/mol. The Morgan fingerprint density at radius 3 is 2.08 bits per heavy atom. The monoisotopic (exact) mass is 600 g/mol. The number of halogens is 5. The lowest BCUT2D eigenvalue weighted by atomic mass is 10.2. The molecule has 0 bridgehead atoms. The van der Waals surface area contributed by atoms with Crippen LogP contribution in [0.25, 0.3) is 0 Å². The summed E-state index contributed by atoms with van der Waals surface area (Å²) < 4.78 is 34.2. The second kappa shape index (κ2) is 11.6. The Balaban J connectivity index is 1.60. The lowest BCUT2D eigenvalue weighted by Crippen LogP contribution is -2.30. The molecule has 1 heterocycles. The zero-order chi connectivity index (χ0) is 25.9. The minimum Gasteiger partial charge on any atom is -0.459 e. The molecule has 0 aliphatic carbocycles. The molecule has 0 spiro atoms. The zero-order valence-electron chi connectivity index (χ0n) is 18.3. The lowest BCUT2D eigenvalue weighted by molar-refractivity contribution is 0.357. The van der Waals surface area contributed by atoms with Gasteiger partial charge in [0.15, 0.2) is 0 Å². The van der Waals surface area contributed by atoms with Gasteiger partial charge in [-0.1, -0.05) is 64.1 Å². The van der Waals surface area contributed by atoms with Gasteiger partial charge in [0.1, 0.15) is 11.5 Å². The van der Waals surface area contributed by atoms with E-state index in [1.807, 2.05) is 0 Å². The van der Waals surface area contributed by atoms with Crippen LogP contribution in [0, 0.1) is 0 Å². The first-order valence-electron chi connectivity index (χ1n) is 10.4. The third kappa shape index (κ3) is 6.64. The Kier molecular flexibility index (Phi) is 8.68. The maximum absolute atomic E-state index is 13.5. The number of rotatable bonds is 8. The smallest absolute Gasteiger partial charge is 0.243 e. The molecule has 0 saturated carbocycles. The summed E-state index contributed by atoms with van der Waals surface area (Å²) in [7, 11) is -3.91. The van der Waals surface area contributed by atoms with Crippen LogP contribution in [0.15, 0.2) is 87.1 Å². The molecule has 0 aliphatic heterocycles. The Morgan fingerprint density at radius 1 is 0.750 bits per heavy atom. The topological polar surface area (TPSA) is 62.9 Å². The summed E-state index contributed by atoms with van der Waals surface area (Å²) in [6, 6.07) is 19.3. The summed E-state index contributed by atoms with van der Waals surface area (Å²) in [6.45, 7) is 0.00105. The van der Waals surface area contributed by atoms with Crippen LogP contribution in [0.2, 0.25) is 25.1 Å². The first-order chi connectivity index (χ1) is 17.1. The normalized spacial score (nSPS) is 12.1. The third-order valence-corrected chi connectivity index (χ3v) is 8.59. The maximum atomic E-state index is 13.5. The Hall–Kier alpha value is -2.03. The predicted molar refractivity (Wildman–Crippen MR) is 147 cm³/mol. The second-order valence-corrected chi connectivity index (χ2v) is 11.6. The van der Waals surface area contributed by atoms with Gasteiger partial charge < -0.3 is 4.42 Å². The quantitative estimate of drug-likeness (QED) is 0.190. The van der Waals surface area contributed by atoms with E-state index in [0.29, 0.717) is 47.9 Å². The van der Waals surface area contributed by atoms with E-state index in [1.165, 1.54) is 34.8 Å². The maximum Gasteiger partial charge on any atom is 0.243 e. The van der Waals surface area contributed by atoms with Crippen molar-refractivity contribution >= 4 is 79.9 Å². The van der Waals surface area contributed by atoms with Crippen LogP contribution >= 0.6 is 58.0 Å². The van der Waals surface area contributed by atoms with E-state index in [1.54, 1.807) is 48.5 Å².